The first-order chi connectivity index (χ1) is 4.19. The average molecular weight is 172 g/mol. The first kappa shape index (κ1) is 10.1. The van der Waals surface area contributed by atoms with E-state index in [2.05, 4.69) is 0 Å². The van der Waals surface area contributed by atoms with Gasteiger partial charge in [-0.1, -0.05) is 5.29 Å². The third kappa shape index (κ3) is 1.79. The smallest absolute Gasteiger partial charge is 0.167 e. The fourth-order valence-electron chi connectivity index (χ4n) is 0.254. The Kier molecular flexibility index (Phi) is 2.64. The molecule has 0 heterocycles. The van der Waals surface area contributed by atoms with Crippen LogP contribution in [-0.4, -0.2) is 24.5 Å². The lowest BCUT2D eigenvalue weighted by atomic mass is 10.6. The second-order valence-electron chi connectivity index (χ2n) is 2.87. The minimum Gasteiger partial charge on any atom is -0.167 e. The van der Waals surface area contributed by atoms with Gasteiger partial charge in [0.05, 0.1) is 0 Å². The quantitative estimate of drug-likeness (QED) is 0.493. The largest absolute Gasteiger partial charge is 0.404 e. The Hall–Kier alpha value is 0.0900. The van der Waals surface area contributed by atoms with E-state index >= 15 is 0 Å². The lowest BCUT2D eigenvalue weighted by Crippen LogP contribution is -2.11. The van der Waals surface area contributed by atoms with Crippen molar-refractivity contribution < 1.29 is 13.2 Å². The Morgan fingerprint density at radius 1 is 1.10 bits per heavy atom. The van der Waals surface area contributed by atoms with Gasteiger partial charge in [0.2, 0.25) is 0 Å². The Bertz CT molecular complexity index is 168. The Morgan fingerprint density at radius 3 is 1.40 bits per heavy atom. The van der Waals surface area contributed by atoms with Crippen LogP contribution in [0.3, 0.4) is 0 Å². The third-order valence-electron chi connectivity index (χ3n) is 1.75. The standard InChI is InChI=1S/C6H12F3P/c1-5(2)10(3,4)6(7,8)9/h1-4H3. The van der Waals surface area contributed by atoms with Gasteiger partial charge in [0.25, 0.3) is 0 Å². The monoisotopic (exact) mass is 172 g/mol. The van der Waals surface area contributed by atoms with Crippen LogP contribution in [0.4, 0.5) is 13.2 Å². The van der Waals surface area contributed by atoms with Gasteiger partial charge in [-0.25, -0.2) is 0 Å². The summed E-state index contributed by atoms with van der Waals surface area (Å²) in [4.78, 5) is 0. The molecule has 0 bridgehead atoms. The number of hydrogen-bond donors (Lipinski definition) is 0. The first-order valence-electron chi connectivity index (χ1n) is 2.91. The number of rotatable bonds is 0. The summed E-state index contributed by atoms with van der Waals surface area (Å²) in [6, 6.07) is 0. The topological polar surface area (TPSA) is 0 Å². The molecule has 0 aromatic rings. The zero-order chi connectivity index (χ0) is 8.58. The molecule has 0 radical (unpaired) electrons. The summed E-state index contributed by atoms with van der Waals surface area (Å²) < 4.78 is 36.3. The van der Waals surface area contributed by atoms with Crippen molar-refractivity contribution in [1.29, 1.82) is 0 Å². The zero-order valence-electron chi connectivity index (χ0n) is 6.58. The molecule has 0 saturated carbocycles. The van der Waals surface area contributed by atoms with E-state index < -0.39 is 12.8 Å². The average Bonchev–Trinajstić information content (AvgIpc) is 1.62. The lowest BCUT2D eigenvalue weighted by Gasteiger charge is -2.21. The van der Waals surface area contributed by atoms with Crippen molar-refractivity contribution in [1.82, 2.24) is 0 Å². The third-order valence-corrected chi connectivity index (χ3v) is 5.26. The Balaban J connectivity index is 4.95. The Morgan fingerprint density at radius 2 is 1.40 bits per heavy atom. The van der Waals surface area contributed by atoms with Gasteiger partial charge in [-0.3, -0.25) is 0 Å². The predicted octanol–water partition coefficient (Wildman–Crippen LogP) is 3.00. The van der Waals surface area contributed by atoms with E-state index in [1.807, 2.05) is 0 Å². The van der Waals surface area contributed by atoms with Crippen LogP contribution < -0.4 is 0 Å². The van der Waals surface area contributed by atoms with Crippen molar-refractivity contribution in [3.63, 3.8) is 0 Å². The molecule has 0 aromatic carbocycles. The highest BCUT2D eigenvalue weighted by molar-refractivity contribution is 7.75. The molecule has 4 heteroatoms. The van der Waals surface area contributed by atoms with Crippen molar-refractivity contribution in [2.24, 2.45) is 0 Å². The van der Waals surface area contributed by atoms with Gasteiger partial charge in [-0.05, 0) is 34.1 Å². The van der Waals surface area contributed by atoms with E-state index in [4.69, 9.17) is 0 Å². The molecule has 0 aliphatic heterocycles. The summed E-state index contributed by atoms with van der Waals surface area (Å²) in [5.41, 5.74) is 0. The normalized spacial score (nSPS) is 13.5. The molecule has 0 nitrogen and oxygen atoms in total. The van der Waals surface area contributed by atoms with E-state index in [-0.39, 0.29) is 0 Å². The lowest BCUT2D eigenvalue weighted by molar-refractivity contribution is -0.0401. The maximum Gasteiger partial charge on any atom is 0.404 e. The van der Waals surface area contributed by atoms with Crippen molar-refractivity contribution in [2.75, 3.05) is 13.3 Å². The molecule has 0 amide bonds. The van der Waals surface area contributed by atoms with Crippen LogP contribution in [-0.2, 0) is 0 Å². The Labute approximate surface area is 59.4 Å². The maximum atomic E-state index is 12.1. The number of hydrogen-bond acceptors (Lipinski definition) is 0. The summed E-state index contributed by atoms with van der Waals surface area (Å²) in [7, 11) is 0. The minimum atomic E-state index is -4.01. The molecule has 0 aliphatic carbocycles. The van der Waals surface area contributed by atoms with Gasteiger partial charge in [0, 0.05) is 0 Å². The van der Waals surface area contributed by atoms with Crippen LogP contribution in [0.15, 0.2) is 0 Å². The fraction of sp³-hybridized carbons (Fsp3) is 0.833. The van der Waals surface area contributed by atoms with E-state index in [9.17, 15) is 13.2 Å². The second-order valence-corrected chi connectivity index (χ2v) is 7.18. The molecule has 0 aliphatic rings. The van der Waals surface area contributed by atoms with E-state index in [1.165, 1.54) is 13.3 Å². The van der Waals surface area contributed by atoms with Gasteiger partial charge in [-0.15, -0.1) is 0 Å². The van der Waals surface area contributed by atoms with Crippen LogP contribution in [0, 0.1) is 0 Å². The summed E-state index contributed by atoms with van der Waals surface area (Å²) in [5, 5.41) is 0.500. The van der Waals surface area contributed by atoms with Gasteiger partial charge in [0.15, 0.2) is 0 Å². The molecular formula is C6H12F3P. The highest BCUT2D eigenvalue weighted by atomic mass is 31.2. The van der Waals surface area contributed by atoms with Gasteiger partial charge in [-0.2, -0.15) is 13.2 Å². The molecule has 0 fully saturated rings. The summed E-state index contributed by atoms with van der Waals surface area (Å²) >= 11 is 0. The molecule has 0 N–H and O–H groups in total. The number of halogens is 3. The summed E-state index contributed by atoms with van der Waals surface area (Å²) in [5.74, 6) is -4.01. The molecule has 0 spiro atoms. The highest BCUT2D eigenvalue weighted by Crippen LogP contribution is 2.57. The van der Waals surface area contributed by atoms with Crippen LogP contribution in [0.1, 0.15) is 13.8 Å². The maximum absolute atomic E-state index is 12.1. The van der Waals surface area contributed by atoms with Crippen molar-refractivity contribution in [3.8, 4) is 0 Å². The van der Waals surface area contributed by atoms with Gasteiger partial charge < -0.3 is 0 Å². The van der Waals surface area contributed by atoms with Gasteiger partial charge in [0.1, 0.15) is 0 Å². The molecule has 0 unspecified atom stereocenters. The van der Waals surface area contributed by atoms with Crippen LogP contribution in [0.25, 0.3) is 0 Å². The molecule has 0 aromatic heterocycles. The van der Waals surface area contributed by atoms with Crippen LogP contribution in [0.5, 0.6) is 0 Å². The molecule has 0 atom stereocenters. The van der Waals surface area contributed by atoms with Crippen LogP contribution in [0.2, 0.25) is 0 Å². The van der Waals surface area contributed by atoms with Crippen LogP contribution >= 0.6 is 6.89 Å². The molecular weight excluding hydrogens is 160 g/mol. The van der Waals surface area contributed by atoms with E-state index in [1.54, 1.807) is 13.8 Å². The molecule has 0 rings (SSSR count). The molecule has 10 heavy (non-hydrogen) atoms. The van der Waals surface area contributed by atoms with Gasteiger partial charge >= 0.3 is 5.92 Å². The van der Waals surface area contributed by atoms with Crippen molar-refractivity contribution in [2.45, 2.75) is 19.8 Å². The van der Waals surface area contributed by atoms with E-state index in [0.29, 0.717) is 5.29 Å². The molecule has 0 saturated heterocycles. The fourth-order valence-corrected chi connectivity index (χ4v) is 0.761. The highest BCUT2D eigenvalue weighted by Gasteiger charge is 2.38. The SMILES string of the molecule is CC(C)=P(C)(C)C(F)(F)F. The zero-order valence-corrected chi connectivity index (χ0v) is 7.48. The number of alkyl halides is 3. The first-order valence-corrected chi connectivity index (χ1v) is 5.59. The van der Waals surface area contributed by atoms with Crippen molar-refractivity contribution in [3.05, 3.63) is 0 Å². The minimum absolute atomic E-state index is 0.500. The molecule has 62 valence electrons. The summed E-state index contributed by atoms with van der Waals surface area (Å²) in [6.45, 7) is 2.89. The predicted molar refractivity (Wildman–Crippen MR) is 41.2 cm³/mol. The summed E-state index contributed by atoms with van der Waals surface area (Å²) in [6.07, 6.45) is 0. The van der Waals surface area contributed by atoms with E-state index in [0.717, 1.165) is 0 Å². The second kappa shape index (κ2) is 2.61. The van der Waals surface area contributed by atoms with Crippen molar-refractivity contribution >= 4 is 12.2 Å².